The van der Waals surface area contributed by atoms with Crippen LogP contribution in [0.3, 0.4) is 0 Å². The monoisotopic (exact) mass is 471 g/mol. The van der Waals surface area contributed by atoms with Gasteiger partial charge >= 0.3 is 13.5 Å². The Kier molecular flexibility index (Phi) is 7.41. The highest BCUT2D eigenvalue weighted by molar-refractivity contribution is 7.47. The third kappa shape index (κ3) is 5.40. The molecule has 0 radical (unpaired) electrons. The van der Waals surface area contributed by atoms with Crippen LogP contribution in [-0.4, -0.2) is 69.7 Å². The zero-order valence-electron chi connectivity index (χ0n) is 17.0. The van der Waals surface area contributed by atoms with Crippen LogP contribution in [0.1, 0.15) is 16.6 Å². The van der Waals surface area contributed by atoms with E-state index in [1.54, 1.807) is 12.1 Å². The van der Waals surface area contributed by atoms with Gasteiger partial charge < -0.3 is 29.9 Å². The normalized spacial score (nSPS) is 24.7. The minimum atomic E-state index is -4.32. The molecule has 1 unspecified atom stereocenters. The Morgan fingerprint density at radius 2 is 1.91 bits per heavy atom. The van der Waals surface area contributed by atoms with Crippen LogP contribution >= 0.6 is 7.82 Å². The Balaban J connectivity index is 1.69. The van der Waals surface area contributed by atoms with Crippen LogP contribution in [0.15, 0.2) is 41.3 Å². The Morgan fingerprint density at radius 3 is 2.50 bits per heavy atom. The van der Waals surface area contributed by atoms with Gasteiger partial charge in [-0.1, -0.05) is 0 Å². The van der Waals surface area contributed by atoms with Crippen molar-refractivity contribution in [3.63, 3.8) is 0 Å². The number of aliphatic hydroxyl groups excluding tert-OH is 2. The fourth-order valence-corrected chi connectivity index (χ4v) is 3.36. The molecule has 32 heavy (non-hydrogen) atoms. The summed E-state index contributed by atoms with van der Waals surface area (Å²) in [6, 6.07) is 7.59. The van der Waals surface area contributed by atoms with Crippen molar-refractivity contribution >= 4 is 19.5 Å². The minimum absolute atomic E-state index is 0.0405. The van der Waals surface area contributed by atoms with E-state index in [2.05, 4.69) is 19.3 Å². The van der Waals surface area contributed by atoms with Crippen LogP contribution < -0.4 is 15.7 Å². The van der Waals surface area contributed by atoms with E-state index in [9.17, 15) is 29.3 Å². The predicted molar refractivity (Wildman–Crippen MR) is 108 cm³/mol. The number of methoxy groups -OCH3 is 1. The van der Waals surface area contributed by atoms with Crippen molar-refractivity contribution in [2.24, 2.45) is 0 Å². The number of aromatic nitrogens is 2. The van der Waals surface area contributed by atoms with E-state index in [0.717, 1.165) is 11.7 Å². The molecule has 0 saturated carbocycles. The molecule has 0 spiro atoms. The third-order valence-corrected chi connectivity index (χ3v) is 5.60. The Hall–Kier alpha value is -2.64. The summed E-state index contributed by atoms with van der Waals surface area (Å²) in [5.41, 5.74) is -0.561. The fraction of sp³-hybridized carbons (Fsp3) is 0.389. The van der Waals surface area contributed by atoms with Crippen LogP contribution in [0.2, 0.25) is 0 Å². The highest BCUT2D eigenvalue weighted by Gasteiger charge is 2.45. The third-order valence-electron chi connectivity index (χ3n) is 4.67. The van der Waals surface area contributed by atoms with E-state index in [1.807, 2.05) is 0 Å². The maximum Gasteiger partial charge on any atom is 0.472 e. The van der Waals surface area contributed by atoms with Gasteiger partial charge in [-0.25, -0.2) is 9.36 Å². The summed E-state index contributed by atoms with van der Waals surface area (Å²) in [4.78, 5) is 37.8. The second-order valence-electron chi connectivity index (χ2n) is 6.68. The molecule has 1 aromatic heterocycles. The molecule has 3 rings (SSSR count). The lowest BCUT2D eigenvalue weighted by Gasteiger charge is -2.17. The van der Waals surface area contributed by atoms with Crippen molar-refractivity contribution < 1.29 is 43.0 Å². The Morgan fingerprint density at radius 1 is 1.22 bits per heavy atom. The van der Waals surface area contributed by atoms with Crippen molar-refractivity contribution in [1.82, 2.24) is 9.55 Å². The summed E-state index contributed by atoms with van der Waals surface area (Å²) in [7, 11) is -1.86. The molecule has 2 aromatic rings. The highest BCUT2D eigenvalue weighted by Crippen LogP contribution is 2.43. The first-order valence-corrected chi connectivity index (χ1v) is 10.7. The zero-order chi connectivity index (χ0) is 23.5. The molecule has 4 N–H and O–H groups in total. The summed E-state index contributed by atoms with van der Waals surface area (Å²) in [5.74, 6) is 0.0299. The van der Waals surface area contributed by atoms with Crippen LogP contribution in [0.4, 0.5) is 5.82 Å². The van der Waals surface area contributed by atoms with Crippen LogP contribution in [0, 0.1) is 0 Å². The predicted octanol–water partition coefficient (Wildman–Crippen LogP) is -0.113. The maximum absolute atomic E-state index is 12.4. The number of hydrogen-bond acceptors (Lipinski definition) is 10. The number of phosphoric acid groups is 1. The number of nitrogens with zero attached hydrogens (tertiary/aromatic N) is 2. The molecular weight excluding hydrogens is 449 g/mol. The van der Waals surface area contributed by atoms with Gasteiger partial charge in [0.1, 0.15) is 29.9 Å². The van der Waals surface area contributed by atoms with Crippen molar-refractivity contribution in [1.29, 1.82) is 0 Å². The number of aliphatic hydroxyl groups is 2. The lowest BCUT2D eigenvalue weighted by atomic mass is 10.1. The topological polar surface area (TPSA) is 179 Å². The first-order chi connectivity index (χ1) is 15.1. The van der Waals surface area contributed by atoms with Gasteiger partial charge in [-0.05, 0) is 30.3 Å². The molecule has 2 heterocycles. The van der Waals surface area contributed by atoms with E-state index in [4.69, 9.17) is 9.47 Å². The van der Waals surface area contributed by atoms with E-state index in [1.165, 1.54) is 31.5 Å². The second kappa shape index (κ2) is 9.88. The average molecular weight is 471 g/mol. The van der Waals surface area contributed by atoms with Gasteiger partial charge in [-0.3, -0.25) is 18.4 Å². The molecule has 14 heteroatoms. The van der Waals surface area contributed by atoms with E-state index >= 15 is 0 Å². The number of hydrogen-bond donors (Lipinski definition) is 4. The highest BCUT2D eigenvalue weighted by atomic mass is 31.2. The summed E-state index contributed by atoms with van der Waals surface area (Å²) in [6.07, 6.45) is -4.41. The molecule has 1 aromatic carbocycles. The second-order valence-corrected chi connectivity index (χ2v) is 8.24. The number of anilines is 1. The molecule has 0 aliphatic carbocycles. The molecule has 1 aliphatic rings. The van der Waals surface area contributed by atoms with E-state index in [-0.39, 0.29) is 5.82 Å². The first-order valence-electron chi connectivity index (χ1n) is 9.24. The molecule has 1 fully saturated rings. The average Bonchev–Trinajstić information content (AvgIpc) is 3.06. The van der Waals surface area contributed by atoms with Gasteiger partial charge in [0.2, 0.25) is 0 Å². The van der Waals surface area contributed by atoms with Crippen molar-refractivity contribution in [2.75, 3.05) is 26.1 Å². The van der Waals surface area contributed by atoms with Crippen LogP contribution in [0.5, 0.6) is 5.75 Å². The van der Waals surface area contributed by atoms with Gasteiger partial charge in [0.15, 0.2) is 6.23 Å². The smallest absolute Gasteiger partial charge is 0.472 e. The quantitative estimate of drug-likeness (QED) is 0.377. The molecule has 0 bridgehead atoms. The van der Waals surface area contributed by atoms with Gasteiger partial charge in [0.25, 0.3) is 5.91 Å². The van der Waals surface area contributed by atoms with Gasteiger partial charge in [0.05, 0.1) is 13.7 Å². The number of carbonyl (C=O) groups excluding carboxylic acids is 1. The summed E-state index contributed by atoms with van der Waals surface area (Å²) in [6.45, 7) is -0.575. The largest absolute Gasteiger partial charge is 0.497 e. The lowest BCUT2D eigenvalue weighted by molar-refractivity contribution is -0.0546. The number of amides is 1. The van der Waals surface area contributed by atoms with Gasteiger partial charge in [0, 0.05) is 18.9 Å². The molecule has 1 saturated heterocycles. The number of nitrogens with one attached hydrogen (secondary N) is 1. The standard InChI is InChI=1S/C18H22N3O10P/c1-28-11-5-3-10(4-6-11)16(24)19-13-7-8-21(18(25)20-13)17-15(23)14(22)12(31-17)9-30-32(26,27)29-2/h3-8,12,14-15,17,22-23H,9H2,1-2H3,(H,26,27)(H,19,20,24,25)/t12-,14-,15-,17-/m1/s1. The number of carbonyl (C=O) groups is 1. The molecule has 174 valence electrons. The summed E-state index contributed by atoms with van der Waals surface area (Å²) in [5, 5.41) is 22.8. The fourth-order valence-electron chi connectivity index (χ4n) is 2.92. The molecule has 1 aliphatic heterocycles. The van der Waals surface area contributed by atoms with Crippen molar-refractivity contribution in [2.45, 2.75) is 24.5 Å². The van der Waals surface area contributed by atoms with Gasteiger partial charge in [-0.15, -0.1) is 0 Å². The lowest BCUT2D eigenvalue weighted by Crippen LogP contribution is -2.36. The number of benzene rings is 1. The SMILES string of the molecule is COc1ccc(C(=O)Nc2ccn([C@@H]3O[C@H](COP(=O)(O)OC)[C@@H](O)[C@H]3O)c(=O)n2)cc1. The Labute approximate surface area is 181 Å². The number of phosphoric ester groups is 1. The maximum atomic E-state index is 12.4. The molecule has 5 atom stereocenters. The van der Waals surface area contributed by atoms with E-state index < -0.39 is 50.6 Å². The van der Waals surface area contributed by atoms with Crippen LogP contribution in [0.25, 0.3) is 0 Å². The van der Waals surface area contributed by atoms with Crippen molar-refractivity contribution in [3.8, 4) is 5.75 Å². The van der Waals surface area contributed by atoms with Gasteiger partial charge in [-0.2, -0.15) is 4.98 Å². The molecule has 1 amide bonds. The number of rotatable bonds is 8. The first kappa shape index (κ1) is 24.0. The summed E-state index contributed by atoms with van der Waals surface area (Å²) >= 11 is 0. The van der Waals surface area contributed by atoms with Crippen molar-refractivity contribution in [3.05, 3.63) is 52.6 Å². The Bertz CT molecular complexity index is 1060. The van der Waals surface area contributed by atoms with E-state index in [0.29, 0.717) is 11.3 Å². The zero-order valence-corrected chi connectivity index (χ0v) is 17.9. The minimum Gasteiger partial charge on any atom is -0.497 e. The van der Waals surface area contributed by atoms with Crippen LogP contribution in [-0.2, 0) is 18.3 Å². The molecular formula is C18H22N3O10P. The molecule has 13 nitrogen and oxygen atoms in total. The number of ether oxygens (including phenoxy) is 2. The summed E-state index contributed by atoms with van der Waals surface area (Å²) < 4.78 is 31.7.